The van der Waals surface area contributed by atoms with Crippen molar-refractivity contribution >= 4 is 27.5 Å². The maximum Gasteiger partial charge on any atom is 0.0841 e. The molecule has 1 aromatic carbocycles. The SMILES string of the molecule is CCC(CN)C(O)c1ccc(Cl)cc1Br. The van der Waals surface area contributed by atoms with Crippen LogP contribution in [0, 0.1) is 5.92 Å². The first-order chi connectivity index (χ1) is 7.10. The lowest BCUT2D eigenvalue weighted by Crippen LogP contribution is -2.21. The molecule has 84 valence electrons. The van der Waals surface area contributed by atoms with Crippen molar-refractivity contribution in [2.24, 2.45) is 11.7 Å². The maximum atomic E-state index is 10.1. The van der Waals surface area contributed by atoms with Gasteiger partial charge in [-0.25, -0.2) is 0 Å². The number of hydrogen-bond acceptors (Lipinski definition) is 2. The molecule has 1 rings (SSSR count). The third-order valence-electron chi connectivity index (χ3n) is 2.55. The molecule has 0 saturated carbocycles. The summed E-state index contributed by atoms with van der Waals surface area (Å²) >= 11 is 9.22. The zero-order valence-electron chi connectivity index (χ0n) is 8.58. The van der Waals surface area contributed by atoms with Crippen LogP contribution in [0.15, 0.2) is 22.7 Å². The predicted molar refractivity (Wildman–Crippen MR) is 66.9 cm³/mol. The Kier molecular flexibility index (Phi) is 5.06. The number of benzene rings is 1. The minimum Gasteiger partial charge on any atom is -0.388 e. The smallest absolute Gasteiger partial charge is 0.0841 e. The van der Waals surface area contributed by atoms with Gasteiger partial charge in [0, 0.05) is 15.4 Å². The van der Waals surface area contributed by atoms with Crippen molar-refractivity contribution in [2.75, 3.05) is 6.54 Å². The molecule has 0 bridgehead atoms. The summed E-state index contributed by atoms with van der Waals surface area (Å²) in [6, 6.07) is 5.38. The zero-order chi connectivity index (χ0) is 11.4. The van der Waals surface area contributed by atoms with Gasteiger partial charge in [-0.2, -0.15) is 0 Å². The van der Waals surface area contributed by atoms with Gasteiger partial charge in [-0.1, -0.05) is 40.5 Å². The molecule has 0 amide bonds. The molecule has 0 heterocycles. The van der Waals surface area contributed by atoms with Gasteiger partial charge in [-0.05, 0) is 30.7 Å². The Labute approximate surface area is 104 Å². The van der Waals surface area contributed by atoms with Crippen LogP contribution in [-0.2, 0) is 0 Å². The number of aliphatic hydroxyl groups is 1. The summed E-state index contributed by atoms with van der Waals surface area (Å²) in [6.07, 6.45) is 0.318. The van der Waals surface area contributed by atoms with Gasteiger partial charge < -0.3 is 10.8 Å². The normalized spacial score (nSPS) is 15.0. The van der Waals surface area contributed by atoms with Gasteiger partial charge in [0.25, 0.3) is 0 Å². The van der Waals surface area contributed by atoms with Crippen LogP contribution in [0.1, 0.15) is 25.0 Å². The van der Waals surface area contributed by atoms with Gasteiger partial charge in [-0.15, -0.1) is 0 Å². The Morgan fingerprint density at radius 2 is 2.20 bits per heavy atom. The van der Waals surface area contributed by atoms with Crippen LogP contribution in [0.5, 0.6) is 0 Å². The Balaban J connectivity index is 2.94. The highest BCUT2D eigenvalue weighted by molar-refractivity contribution is 9.10. The number of halogens is 2. The van der Waals surface area contributed by atoms with Gasteiger partial charge in [0.05, 0.1) is 6.10 Å². The van der Waals surface area contributed by atoms with Gasteiger partial charge in [-0.3, -0.25) is 0 Å². The third-order valence-corrected chi connectivity index (χ3v) is 3.48. The highest BCUT2D eigenvalue weighted by Gasteiger charge is 2.19. The molecule has 15 heavy (non-hydrogen) atoms. The molecule has 2 nitrogen and oxygen atoms in total. The van der Waals surface area contributed by atoms with Crippen molar-refractivity contribution < 1.29 is 5.11 Å². The minimum atomic E-state index is -0.536. The summed E-state index contributed by atoms with van der Waals surface area (Å²) in [5.41, 5.74) is 6.44. The van der Waals surface area contributed by atoms with Crippen LogP contribution in [0.2, 0.25) is 5.02 Å². The van der Waals surface area contributed by atoms with Crippen LogP contribution in [0.4, 0.5) is 0 Å². The Morgan fingerprint density at radius 1 is 1.53 bits per heavy atom. The van der Waals surface area contributed by atoms with Crippen LogP contribution >= 0.6 is 27.5 Å². The predicted octanol–water partition coefficient (Wildman–Crippen LogP) is 3.12. The van der Waals surface area contributed by atoms with E-state index in [1.54, 1.807) is 12.1 Å². The topological polar surface area (TPSA) is 46.2 Å². The van der Waals surface area contributed by atoms with Gasteiger partial charge in [0.2, 0.25) is 0 Å². The summed E-state index contributed by atoms with van der Waals surface area (Å²) in [6.45, 7) is 2.50. The fraction of sp³-hybridized carbons (Fsp3) is 0.455. The molecule has 0 fully saturated rings. The van der Waals surface area contributed by atoms with Crippen molar-refractivity contribution in [1.82, 2.24) is 0 Å². The molecule has 1 aromatic rings. The molecule has 2 unspecified atom stereocenters. The lowest BCUT2D eigenvalue weighted by atomic mass is 9.94. The summed E-state index contributed by atoms with van der Waals surface area (Å²) in [4.78, 5) is 0. The molecule has 2 atom stereocenters. The van der Waals surface area contributed by atoms with E-state index in [1.165, 1.54) is 0 Å². The summed E-state index contributed by atoms with van der Waals surface area (Å²) in [7, 11) is 0. The fourth-order valence-corrected chi connectivity index (χ4v) is 2.43. The Hall–Kier alpha value is -0.0900. The molecule has 4 heteroatoms. The third kappa shape index (κ3) is 3.18. The standard InChI is InChI=1S/C11H15BrClNO/c1-2-7(6-14)11(15)9-4-3-8(13)5-10(9)12/h3-5,7,11,15H,2,6,14H2,1H3. The van der Waals surface area contributed by atoms with E-state index < -0.39 is 6.10 Å². The first-order valence-electron chi connectivity index (χ1n) is 4.93. The second kappa shape index (κ2) is 5.85. The van der Waals surface area contributed by atoms with Gasteiger partial charge in [0.15, 0.2) is 0 Å². The molecular weight excluding hydrogens is 277 g/mol. The second-order valence-corrected chi connectivity index (χ2v) is 4.81. The number of rotatable bonds is 4. The average molecular weight is 293 g/mol. The quantitative estimate of drug-likeness (QED) is 0.895. The molecule has 0 saturated heterocycles. The molecule has 0 aliphatic heterocycles. The first-order valence-corrected chi connectivity index (χ1v) is 6.10. The molecule has 0 aromatic heterocycles. The highest BCUT2D eigenvalue weighted by Crippen LogP contribution is 2.31. The van der Waals surface area contributed by atoms with Crippen molar-refractivity contribution in [2.45, 2.75) is 19.4 Å². The minimum absolute atomic E-state index is 0.0856. The highest BCUT2D eigenvalue weighted by atomic mass is 79.9. The van der Waals surface area contributed by atoms with E-state index in [1.807, 2.05) is 13.0 Å². The lowest BCUT2D eigenvalue weighted by molar-refractivity contribution is 0.109. The Morgan fingerprint density at radius 3 is 2.67 bits per heavy atom. The fourth-order valence-electron chi connectivity index (χ4n) is 1.51. The summed E-state index contributed by atoms with van der Waals surface area (Å²) in [5, 5.41) is 10.8. The van der Waals surface area contributed by atoms with E-state index in [0.29, 0.717) is 11.6 Å². The van der Waals surface area contributed by atoms with E-state index in [2.05, 4.69) is 15.9 Å². The maximum absolute atomic E-state index is 10.1. The molecule has 3 N–H and O–H groups in total. The van der Waals surface area contributed by atoms with Crippen LogP contribution in [-0.4, -0.2) is 11.7 Å². The monoisotopic (exact) mass is 291 g/mol. The molecular formula is C11H15BrClNO. The summed E-state index contributed by atoms with van der Waals surface area (Å²) in [5.74, 6) is 0.0856. The van der Waals surface area contributed by atoms with E-state index >= 15 is 0 Å². The van der Waals surface area contributed by atoms with Crippen molar-refractivity contribution in [3.63, 3.8) is 0 Å². The average Bonchev–Trinajstić information content (AvgIpc) is 2.19. The summed E-state index contributed by atoms with van der Waals surface area (Å²) < 4.78 is 0.828. The van der Waals surface area contributed by atoms with Gasteiger partial charge in [0.1, 0.15) is 0 Å². The first kappa shape index (κ1) is 13.0. The van der Waals surface area contributed by atoms with Crippen LogP contribution < -0.4 is 5.73 Å². The lowest BCUT2D eigenvalue weighted by Gasteiger charge is -2.21. The van der Waals surface area contributed by atoms with E-state index in [4.69, 9.17) is 17.3 Å². The van der Waals surface area contributed by atoms with Crippen molar-refractivity contribution in [3.05, 3.63) is 33.3 Å². The Bertz CT molecular complexity index is 328. The van der Waals surface area contributed by atoms with Gasteiger partial charge >= 0.3 is 0 Å². The molecule has 0 spiro atoms. The van der Waals surface area contributed by atoms with Crippen LogP contribution in [0.3, 0.4) is 0 Å². The molecule has 0 radical (unpaired) electrons. The van der Waals surface area contributed by atoms with Crippen molar-refractivity contribution in [3.8, 4) is 0 Å². The van der Waals surface area contributed by atoms with E-state index in [0.717, 1.165) is 16.5 Å². The van der Waals surface area contributed by atoms with E-state index in [-0.39, 0.29) is 5.92 Å². The number of nitrogens with two attached hydrogens (primary N) is 1. The second-order valence-electron chi connectivity index (χ2n) is 3.51. The largest absolute Gasteiger partial charge is 0.388 e. The molecule has 0 aliphatic rings. The molecule has 0 aliphatic carbocycles. The number of aliphatic hydroxyl groups excluding tert-OH is 1. The van der Waals surface area contributed by atoms with E-state index in [9.17, 15) is 5.11 Å². The number of hydrogen-bond donors (Lipinski definition) is 2. The van der Waals surface area contributed by atoms with Crippen molar-refractivity contribution in [1.29, 1.82) is 0 Å². The zero-order valence-corrected chi connectivity index (χ0v) is 10.9. The van der Waals surface area contributed by atoms with Crippen LogP contribution in [0.25, 0.3) is 0 Å².